The lowest BCUT2D eigenvalue weighted by molar-refractivity contribution is -0.0850. The Bertz CT molecular complexity index is 1290. The van der Waals surface area contributed by atoms with Gasteiger partial charge in [0, 0.05) is 28.6 Å². The normalized spacial score (nSPS) is 15.4. The Kier molecular flexibility index (Phi) is 4.91. The number of anilines is 1. The van der Waals surface area contributed by atoms with Gasteiger partial charge < -0.3 is 5.32 Å². The maximum atomic E-state index is 14.2. The molecule has 3 aromatic carbocycles. The predicted octanol–water partition coefficient (Wildman–Crippen LogP) is 4.83. The number of fused-ring (bicyclic) bond motifs is 1. The van der Waals surface area contributed by atoms with Crippen molar-refractivity contribution in [3.05, 3.63) is 107 Å². The fourth-order valence-corrected chi connectivity index (χ4v) is 3.84. The van der Waals surface area contributed by atoms with E-state index in [2.05, 4.69) is 10.4 Å². The summed E-state index contributed by atoms with van der Waals surface area (Å²) in [6, 6.07) is 19.7. The first-order valence-electron chi connectivity index (χ1n) is 9.96. The highest BCUT2D eigenvalue weighted by Crippen LogP contribution is 2.36. The third kappa shape index (κ3) is 3.40. The highest BCUT2D eigenvalue weighted by molar-refractivity contribution is 6.01. The van der Waals surface area contributed by atoms with Crippen molar-refractivity contribution in [2.75, 3.05) is 5.32 Å². The topological polar surface area (TPSA) is 70.4 Å². The molecule has 2 N–H and O–H groups in total. The third-order valence-electron chi connectivity index (χ3n) is 5.42. The summed E-state index contributed by atoms with van der Waals surface area (Å²) in [5.74, 6) is -1.91. The number of rotatable bonds is 4. The zero-order chi connectivity index (χ0) is 22.2. The van der Waals surface area contributed by atoms with Gasteiger partial charge in [-0.1, -0.05) is 48.5 Å². The maximum Gasteiger partial charge on any atom is 0.281 e. The largest absolute Gasteiger partial charge is 0.359 e. The molecule has 8 heteroatoms. The summed E-state index contributed by atoms with van der Waals surface area (Å²) in [7, 11) is 0. The first-order valence-corrected chi connectivity index (χ1v) is 9.96. The minimum absolute atomic E-state index is 0.125. The van der Waals surface area contributed by atoms with Crippen molar-refractivity contribution in [3.8, 4) is 11.3 Å². The SMILES string of the molecule is O=C1c2ccccc2NC(c2cn(Cc3c(F)cccc3F)nc2-c2ccccc2)N1O. The Morgan fingerprint density at radius 1 is 0.938 bits per heavy atom. The quantitative estimate of drug-likeness (QED) is 0.453. The molecule has 1 unspecified atom stereocenters. The summed E-state index contributed by atoms with van der Waals surface area (Å²) >= 11 is 0. The van der Waals surface area contributed by atoms with E-state index >= 15 is 0 Å². The van der Waals surface area contributed by atoms with Gasteiger partial charge in [0.05, 0.1) is 17.8 Å². The summed E-state index contributed by atoms with van der Waals surface area (Å²) < 4.78 is 29.8. The average Bonchev–Trinajstić information content (AvgIpc) is 3.23. The minimum atomic E-state index is -0.938. The van der Waals surface area contributed by atoms with Crippen molar-refractivity contribution in [1.82, 2.24) is 14.8 Å². The monoisotopic (exact) mass is 432 g/mol. The number of carbonyl (C=O) groups is 1. The van der Waals surface area contributed by atoms with Crippen molar-refractivity contribution in [1.29, 1.82) is 0 Å². The highest BCUT2D eigenvalue weighted by Gasteiger charge is 2.35. The Hall–Kier alpha value is -4.04. The second-order valence-electron chi connectivity index (χ2n) is 7.44. The number of hydrogen-bond acceptors (Lipinski definition) is 4. The standard InChI is InChI=1S/C24H18F2N4O2/c25-19-10-6-11-20(26)17(19)13-29-14-18(22(28-29)15-7-2-1-3-8-15)23-27-21-12-5-4-9-16(21)24(31)30(23)32/h1-12,14,23,27,32H,13H2. The Morgan fingerprint density at radius 2 is 1.62 bits per heavy atom. The summed E-state index contributed by atoms with van der Waals surface area (Å²) in [6.07, 6.45) is 0.642. The second kappa shape index (κ2) is 7.90. The van der Waals surface area contributed by atoms with Gasteiger partial charge in [0.1, 0.15) is 11.6 Å². The summed E-state index contributed by atoms with van der Waals surface area (Å²) in [5.41, 5.74) is 2.48. The molecule has 0 spiro atoms. The molecule has 1 atom stereocenters. The van der Waals surface area contributed by atoms with Crippen LogP contribution in [-0.4, -0.2) is 26.0 Å². The lowest BCUT2D eigenvalue weighted by Crippen LogP contribution is -2.40. The number of carbonyl (C=O) groups excluding carboxylic acids is 1. The maximum absolute atomic E-state index is 14.2. The number of hydroxylamine groups is 2. The molecular weight excluding hydrogens is 414 g/mol. The number of aromatic nitrogens is 2. The molecule has 1 aromatic heterocycles. The minimum Gasteiger partial charge on any atom is -0.359 e. The van der Waals surface area contributed by atoms with Crippen molar-refractivity contribution in [2.45, 2.75) is 12.7 Å². The zero-order valence-corrected chi connectivity index (χ0v) is 16.7. The van der Waals surface area contributed by atoms with Crippen LogP contribution < -0.4 is 5.32 Å². The summed E-state index contributed by atoms with van der Waals surface area (Å²) in [4.78, 5) is 12.7. The van der Waals surface area contributed by atoms with E-state index in [0.717, 1.165) is 5.56 Å². The number of amides is 1. The van der Waals surface area contributed by atoms with Gasteiger partial charge in [-0.3, -0.25) is 14.7 Å². The molecular formula is C24H18F2N4O2. The van der Waals surface area contributed by atoms with E-state index in [1.165, 1.54) is 22.9 Å². The van der Waals surface area contributed by atoms with Crippen LogP contribution in [0.15, 0.2) is 79.0 Å². The molecule has 2 heterocycles. The predicted molar refractivity (Wildman–Crippen MR) is 114 cm³/mol. The van der Waals surface area contributed by atoms with E-state index in [4.69, 9.17) is 0 Å². The second-order valence-corrected chi connectivity index (χ2v) is 7.44. The number of halogens is 2. The van der Waals surface area contributed by atoms with Gasteiger partial charge in [0.2, 0.25) is 0 Å². The fraction of sp³-hybridized carbons (Fsp3) is 0.0833. The molecule has 0 aliphatic carbocycles. The molecule has 5 rings (SSSR count). The smallest absolute Gasteiger partial charge is 0.281 e. The summed E-state index contributed by atoms with van der Waals surface area (Å²) in [5, 5.41) is 19.0. The number of nitrogens with zero attached hydrogens (tertiary/aromatic N) is 3. The van der Waals surface area contributed by atoms with E-state index < -0.39 is 23.7 Å². The molecule has 0 radical (unpaired) electrons. The summed E-state index contributed by atoms with van der Waals surface area (Å²) in [6.45, 7) is -0.152. The lowest BCUT2D eigenvalue weighted by Gasteiger charge is -2.33. The Balaban J connectivity index is 1.61. The molecule has 0 fully saturated rings. The van der Waals surface area contributed by atoms with Crippen LogP contribution in [0.2, 0.25) is 0 Å². The lowest BCUT2D eigenvalue weighted by atomic mass is 10.0. The van der Waals surface area contributed by atoms with Crippen LogP contribution in [0.3, 0.4) is 0 Å². The van der Waals surface area contributed by atoms with Crippen LogP contribution in [0.5, 0.6) is 0 Å². The third-order valence-corrected chi connectivity index (χ3v) is 5.42. The van der Waals surface area contributed by atoms with Gasteiger partial charge in [-0.2, -0.15) is 10.2 Å². The molecule has 6 nitrogen and oxygen atoms in total. The van der Waals surface area contributed by atoms with Crippen LogP contribution in [-0.2, 0) is 6.54 Å². The molecule has 0 bridgehead atoms. The van der Waals surface area contributed by atoms with Gasteiger partial charge in [-0.05, 0) is 24.3 Å². The molecule has 1 amide bonds. The van der Waals surface area contributed by atoms with Crippen LogP contribution >= 0.6 is 0 Å². The van der Waals surface area contributed by atoms with E-state index in [0.29, 0.717) is 27.6 Å². The van der Waals surface area contributed by atoms with Crippen molar-refractivity contribution in [3.63, 3.8) is 0 Å². The van der Waals surface area contributed by atoms with Crippen molar-refractivity contribution in [2.24, 2.45) is 0 Å². The number of benzene rings is 3. The molecule has 1 aliphatic rings. The van der Waals surface area contributed by atoms with Crippen LogP contribution in [0, 0.1) is 11.6 Å². The molecule has 1 aliphatic heterocycles. The Labute approximate surface area is 182 Å². The van der Waals surface area contributed by atoms with Crippen LogP contribution in [0.25, 0.3) is 11.3 Å². The molecule has 4 aromatic rings. The first-order chi connectivity index (χ1) is 15.5. The number of para-hydroxylation sites is 1. The van der Waals surface area contributed by atoms with E-state index in [1.807, 2.05) is 30.3 Å². The van der Waals surface area contributed by atoms with Gasteiger partial charge in [-0.25, -0.2) is 8.78 Å². The molecule has 0 saturated carbocycles. The van der Waals surface area contributed by atoms with E-state index in [1.54, 1.807) is 30.5 Å². The molecule has 160 valence electrons. The first kappa shape index (κ1) is 19.9. The Morgan fingerprint density at radius 3 is 2.38 bits per heavy atom. The molecule has 32 heavy (non-hydrogen) atoms. The van der Waals surface area contributed by atoms with Crippen LogP contribution in [0.1, 0.15) is 27.7 Å². The fourth-order valence-electron chi connectivity index (χ4n) is 3.84. The van der Waals surface area contributed by atoms with Gasteiger partial charge >= 0.3 is 0 Å². The van der Waals surface area contributed by atoms with Crippen LogP contribution in [0.4, 0.5) is 14.5 Å². The van der Waals surface area contributed by atoms with Gasteiger partial charge in [0.25, 0.3) is 5.91 Å². The van der Waals surface area contributed by atoms with E-state index in [9.17, 15) is 18.8 Å². The number of nitrogens with one attached hydrogen (secondary N) is 1. The number of hydrogen-bond donors (Lipinski definition) is 2. The van der Waals surface area contributed by atoms with Crippen molar-refractivity contribution < 1.29 is 18.8 Å². The average molecular weight is 432 g/mol. The van der Waals surface area contributed by atoms with Crippen molar-refractivity contribution >= 4 is 11.6 Å². The van der Waals surface area contributed by atoms with Gasteiger partial charge in [0.15, 0.2) is 6.17 Å². The zero-order valence-electron chi connectivity index (χ0n) is 16.7. The highest BCUT2D eigenvalue weighted by atomic mass is 19.1. The van der Waals surface area contributed by atoms with Gasteiger partial charge in [-0.15, -0.1) is 0 Å². The molecule has 0 saturated heterocycles. The van der Waals surface area contributed by atoms with E-state index in [-0.39, 0.29) is 12.1 Å².